The van der Waals surface area contributed by atoms with E-state index in [0.29, 0.717) is 0 Å². The fraction of sp³-hybridized carbons (Fsp3) is 0. The van der Waals surface area contributed by atoms with Crippen LogP contribution in [0.4, 0.5) is 5.69 Å². The number of hydrogen-bond donors (Lipinski definition) is 2. The number of nitro benzene ring substituents is 1. The fourth-order valence-electron chi connectivity index (χ4n) is 0.965. The zero-order valence-electron chi connectivity index (χ0n) is 7.32. The lowest BCUT2D eigenvalue weighted by molar-refractivity contribution is -0.384. The summed E-state index contributed by atoms with van der Waals surface area (Å²) in [5.74, 6) is -1.41. The van der Waals surface area contributed by atoms with E-state index in [4.69, 9.17) is 10.3 Å². The predicted octanol–water partition coefficient (Wildman–Crippen LogP) is 0.858. The first-order chi connectivity index (χ1) is 7.06. The smallest absolute Gasteiger partial charge is 0.358 e. The van der Waals surface area contributed by atoms with Crippen molar-refractivity contribution in [1.29, 1.82) is 0 Å². The van der Waals surface area contributed by atoms with Gasteiger partial charge in [0.05, 0.1) is 4.92 Å². The van der Waals surface area contributed by atoms with Gasteiger partial charge in [-0.15, -0.1) is 0 Å². The highest BCUT2D eigenvalue weighted by Crippen LogP contribution is 2.12. The summed E-state index contributed by atoms with van der Waals surface area (Å²) < 4.78 is 0. The number of oxime groups is 1. The number of carboxylic acids is 1. The minimum Gasteiger partial charge on any atom is -0.476 e. The van der Waals surface area contributed by atoms with Crippen molar-refractivity contribution in [2.75, 3.05) is 0 Å². The van der Waals surface area contributed by atoms with Crippen molar-refractivity contribution in [2.24, 2.45) is 5.16 Å². The van der Waals surface area contributed by atoms with Crippen LogP contribution in [0.5, 0.6) is 0 Å². The van der Waals surface area contributed by atoms with Crippen LogP contribution in [0, 0.1) is 10.1 Å². The summed E-state index contributed by atoms with van der Waals surface area (Å²) in [6.45, 7) is 0. The third-order valence-electron chi connectivity index (χ3n) is 1.65. The molecule has 1 rings (SSSR count). The van der Waals surface area contributed by atoms with Gasteiger partial charge in [-0.25, -0.2) is 4.79 Å². The number of hydrogen-bond acceptors (Lipinski definition) is 5. The van der Waals surface area contributed by atoms with Crippen LogP contribution in [-0.2, 0) is 4.79 Å². The molecule has 78 valence electrons. The van der Waals surface area contributed by atoms with E-state index >= 15 is 0 Å². The van der Waals surface area contributed by atoms with E-state index in [2.05, 4.69) is 5.16 Å². The molecule has 7 nitrogen and oxygen atoms in total. The molecule has 0 bridgehead atoms. The number of carboxylic acid groups (broad SMARTS) is 1. The molecule has 2 N–H and O–H groups in total. The molecule has 1 aromatic rings. The molecular formula is C8H6N2O5. The second-order valence-corrected chi connectivity index (χ2v) is 2.56. The van der Waals surface area contributed by atoms with Gasteiger partial charge in [0, 0.05) is 17.7 Å². The van der Waals surface area contributed by atoms with Gasteiger partial charge in [-0.05, 0) is 12.1 Å². The van der Waals surface area contributed by atoms with Crippen molar-refractivity contribution in [3.8, 4) is 0 Å². The van der Waals surface area contributed by atoms with Gasteiger partial charge in [-0.3, -0.25) is 10.1 Å². The fourth-order valence-corrected chi connectivity index (χ4v) is 0.965. The standard InChI is InChI=1S/C8H6N2O5/c11-8(12)7(9-13)5-1-3-6(4-2-5)10(14)15/h1-4,13H,(H,11,12). The van der Waals surface area contributed by atoms with Crippen LogP contribution in [-0.4, -0.2) is 26.9 Å². The van der Waals surface area contributed by atoms with Crippen molar-refractivity contribution in [3.05, 3.63) is 39.9 Å². The van der Waals surface area contributed by atoms with Crippen molar-refractivity contribution in [3.63, 3.8) is 0 Å². The summed E-state index contributed by atoms with van der Waals surface area (Å²) in [4.78, 5) is 20.2. The topological polar surface area (TPSA) is 113 Å². The van der Waals surface area contributed by atoms with Gasteiger partial charge in [0.25, 0.3) is 5.69 Å². The minimum absolute atomic E-state index is 0.0931. The van der Waals surface area contributed by atoms with E-state index in [-0.39, 0.29) is 11.3 Å². The Hall–Kier alpha value is -2.44. The maximum atomic E-state index is 10.5. The highest BCUT2D eigenvalue weighted by molar-refractivity contribution is 6.42. The first kappa shape index (κ1) is 10.6. The van der Waals surface area contributed by atoms with Gasteiger partial charge >= 0.3 is 5.97 Å². The molecule has 0 heterocycles. The van der Waals surface area contributed by atoms with Gasteiger partial charge in [0.1, 0.15) is 0 Å². The molecule has 0 radical (unpaired) electrons. The molecule has 0 saturated heterocycles. The minimum atomic E-state index is -1.41. The van der Waals surface area contributed by atoms with E-state index in [1.807, 2.05) is 0 Å². The largest absolute Gasteiger partial charge is 0.476 e. The molecule has 0 unspecified atom stereocenters. The van der Waals surface area contributed by atoms with E-state index in [1.54, 1.807) is 0 Å². The van der Waals surface area contributed by atoms with Gasteiger partial charge in [-0.2, -0.15) is 0 Å². The van der Waals surface area contributed by atoms with Crippen molar-refractivity contribution in [2.45, 2.75) is 0 Å². The Kier molecular flexibility index (Phi) is 2.97. The Labute approximate surface area is 83.4 Å². The number of carbonyl (C=O) groups is 1. The SMILES string of the molecule is O=C(O)C(=NO)c1ccc([N+](=O)[O-])cc1. The number of nitrogens with zero attached hydrogens (tertiary/aromatic N) is 2. The van der Waals surface area contributed by atoms with Crippen LogP contribution < -0.4 is 0 Å². The summed E-state index contributed by atoms with van der Waals surface area (Å²) in [5, 5.41) is 29.9. The third-order valence-corrected chi connectivity index (χ3v) is 1.65. The van der Waals surface area contributed by atoms with Crippen molar-refractivity contribution < 1.29 is 20.0 Å². The number of benzene rings is 1. The van der Waals surface area contributed by atoms with Gasteiger partial charge in [0.2, 0.25) is 0 Å². The van der Waals surface area contributed by atoms with Crippen LogP contribution >= 0.6 is 0 Å². The van der Waals surface area contributed by atoms with Gasteiger partial charge in [-0.1, -0.05) is 5.16 Å². The highest BCUT2D eigenvalue weighted by Gasteiger charge is 2.14. The number of nitro groups is 1. The third kappa shape index (κ3) is 2.27. The summed E-state index contributed by atoms with van der Waals surface area (Å²) in [6.07, 6.45) is 0. The molecule has 7 heteroatoms. The van der Waals surface area contributed by atoms with Gasteiger partial charge < -0.3 is 10.3 Å². The molecule has 15 heavy (non-hydrogen) atoms. The quantitative estimate of drug-likeness (QED) is 0.332. The van der Waals surface area contributed by atoms with E-state index in [1.165, 1.54) is 12.1 Å². The average molecular weight is 210 g/mol. The predicted molar refractivity (Wildman–Crippen MR) is 49.1 cm³/mol. The zero-order valence-corrected chi connectivity index (χ0v) is 7.32. The van der Waals surface area contributed by atoms with Gasteiger partial charge in [0.15, 0.2) is 5.71 Å². The number of rotatable bonds is 3. The van der Waals surface area contributed by atoms with Crippen LogP contribution in [0.2, 0.25) is 0 Å². The Balaban J connectivity index is 3.08. The molecule has 0 spiro atoms. The lowest BCUT2D eigenvalue weighted by Gasteiger charge is -1.98. The molecule has 0 fully saturated rings. The summed E-state index contributed by atoms with van der Waals surface area (Å²) in [6, 6.07) is 4.65. The molecule has 0 aromatic heterocycles. The molecule has 0 saturated carbocycles. The Bertz CT molecular complexity index is 423. The van der Waals surface area contributed by atoms with E-state index in [0.717, 1.165) is 12.1 Å². The highest BCUT2D eigenvalue weighted by atomic mass is 16.6. The maximum Gasteiger partial charge on any atom is 0.358 e. The first-order valence-electron chi connectivity index (χ1n) is 3.76. The van der Waals surface area contributed by atoms with Crippen molar-refractivity contribution >= 4 is 17.4 Å². The normalized spacial score (nSPS) is 11.1. The first-order valence-corrected chi connectivity index (χ1v) is 3.76. The lowest BCUT2D eigenvalue weighted by Crippen LogP contribution is -2.14. The summed E-state index contributed by atoms with van der Waals surface area (Å²) in [7, 11) is 0. The van der Waals surface area contributed by atoms with E-state index < -0.39 is 16.6 Å². The lowest BCUT2D eigenvalue weighted by atomic mass is 10.1. The maximum absolute atomic E-state index is 10.5. The zero-order chi connectivity index (χ0) is 11.4. The van der Waals surface area contributed by atoms with Crippen LogP contribution in [0.15, 0.2) is 29.4 Å². The Morgan fingerprint density at radius 3 is 2.20 bits per heavy atom. The molecule has 0 aliphatic heterocycles. The molecule has 0 amide bonds. The Morgan fingerprint density at radius 2 is 1.87 bits per heavy atom. The van der Waals surface area contributed by atoms with E-state index in [9.17, 15) is 14.9 Å². The van der Waals surface area contributed by atoms with Crippen molar-refractivity contribution in [1.82, 2.24) is 0 Å². The molecular weight excluding hydrogens is 204 g/mol. The monoisotopic (exact) mass is 210 g/mol. The second-order valence-electron chi connectivity index (χ2n) is 2.56. The van der Waals surface area contributed by atoms with Crippen LogP contribution in [0.3, 0.4) is 0 Å². The Morgan fingerprint density at radius 1 is 1.33 bits per heavy atom. The van der Waals surface area contributed by atoms with Crippen LogP contribution in [0.1, 0.15) is 5.56 Å². The number of non-ortho nitro benzene ring substituents is 1. The summed E-state index contributed by atoms with van der Waals surface area (Å²) >= 11 is 0. The second kappa shape index (κ2) is 4.18. The molecule has 0 aliphatic carbocycles. The average Bonchev–Trinajstić information content (AvgIpc) is 2.19. The molecule has 0 atom stereocenters. The molecule has 0 aliphatic rings. The summed E-state index contributed by atoms with van der Waals surface area (Å²) in [5.41, 5.74) is -0.637. The van der Waals surface area contributed by atoms with Crippen LogP contribution in [0.25, 0.3) is 0 Å². The number of aliphatic carboxylic acids is 1. The molecule has 1 aromatic carbocycles.